The van der Waals surface area contributed by atoms with Crippen molar-refractivity contribution in [1.29, 1.82) is 0 Å². The van der Waals surface area contributed by atoms with E-state index in [4.69, 9.17) is 25.8 Å². The first-order valence-electron chi connectivity index (χ1n) is 11.1. The number of hydrogen-bond acceptors (Lipinski definition) is 7. The summed E-state index contributed by atoms with van der Waals surface area (Å²) < 4.78 is 16.3. The van der Waals surface area contributed by atoms with E-state index in [1.165, 1.54) is 19.4 Å². The molecule has 3 aromatic carbocycles. The average Bonchev–Trinajstić information content (AvgIpc) is 2.89. The van der Waals surface area contributed by atoms with E-state index in [1.807, 2.05) is 13.0 Å². The van der Waals surface area contributed by atoms with Crippen LogP contribution in [-0.4, -0.2) is 44.3 Å². The molecule has 3 rings (SSSR count). The number of halogens is 1. The molecule has 10 nitrogen and oxygen atoms in total. The van der Waals surface area contributed by atoms with Crippen LogP contribution in [0.5, 0.6) is 17.2 Å². The van der Waals surface area contributed by atoms with E-state index in [-0.39, 0.29) is 29.0 Å². The van der Waals surface area contributed by atoms with Crippen molar-refractivity contribution < 1.29 is 28.6 Å². The minimum absolute atomic E-state index is 0.157. The molecule has 0 aliphatic heterocycles. The number of para-hydroxylation sites is 3. The summed E-state index contributed by atoms with van der Waals surface area (Å²) in [5, 5.41) is 9.13. The minimum Gasteiger partial charge on any atom is -0.493 e. The van der Waals surface area contributed by atoms with E-state index in [0.29, 0.717) is 29.3 Å². The van der Waals surface area contributed by atoms with Gasteiger partial charge in [-0.2, -0.15) is 5.10 Å². The van der Waals surface area contributed by atoms with E-state index in [2.05, 4.69) is 21.2 Å². The molecule has 0 heterocycles. The molecular formula is C26H25ClN4O6. The first kappa shape index (κ1) is 27.0. The third-order valence-corrected chi connectivity index (χ3v) is 4.96. The normalized spacial score (nSPS) is 10.5. The van der Waals surface area contributed by atoms with Gasteiger partial charge in [0.05, 0.1) is 30.6 Å². The van der Waals surface area contributed by atoms with Crippen LogP contribution in [0.15, 0.2) is 71.8 Å². The molecule has 0 bridgehead atoms. The lowest BCUT2D eigenvalue weighted by Gasteiger charge is -2.13. The molecule has 3 N–H and O–H groups in total. The first-order chi connectivity index (χ1) is 17.9. The Morgan fingerprint density at radius 2 is 1.65 bits per heavy atom. The number of anilines is 2. The van der Waals surface area contributed by atoms with Crippen molar-refractivity contribution in [3.05, 3.63) is 77.3 Å². The largest absolute Gasteiger partial charge is 0.493 e. The number of amides is 3. The van der Waals surface area contributed by atoms with Crippen molar-refractivity contribution in [2.24, 2.45) is 5.10 Å². The standard InChI is InChI=1S/C26H25ClN4O6/c1-3-36-21-12-8-7-11-20(21)30-25(33)26(34)31-28-15-17-13-19(27)24(22(14-17)35-2)37-16-23(32)29-18-9-5-4-6-10-18/h4-15H,3,16H2,1-2H3,(H,29,32)(H,30,33)(H,31,34)/b28-15-. The first-order valence-corrected chi connectivity index (χ1v) is 11.5. The van der Waals surface area contributed by atoms with Crippen LogP contribution in [0.1, 0.15) is 12.5 Å². The van der Waals surface area contributed by atoms with Crippen molar-refractivity contribution in [2.45, 2.75) is 6.92 Å². The van der Waals surface area contributed by atoms with E-state index in [9.17, 15) is 14.4 Å². The molecule has 3 amide bonds. The van der Waals surface area contributed by atoms with Gasteiger partial charge in [0.1, 0.15) is 5.75 Å². The fourth-order valence-corrected chi connectivity index (χ4v) is 3.33. The van der Waals surface area contributed by atoms with Gasteiger partial charge in [-0.1, -0.05) is 41.9 Å². The predicted molar refractivity (Wildman–Crippen MR) is 141 cm³/mol. The Morgan fingerprint density at radius 1 is 0.919 bits per heavy atom. The number of hydrazone groups is 1. The minimum atomic E-state index is -0.981. The van der Waals surface area contributed by atoms with E-state index < -0.39 is 11.8 Å². The highest BCUT2D eigenvalue weighted by atomic mass is 35.5. The van der Waals surface area contributed by atoms with Gasteiger partial charge < -0.3 is 24.8 Å². The van der Waals surface area contributed by atoms with Crippen molar-refractivity contribution in [3.63, 3.8) is 0 Å². The number of benzene rings is 3. The monoisotopic (exact) mass is 524 g/mol. The Labute approximate surface area is 218 Å². The molecule has 0 atom stereocenters. The molecule has 0 saturated heterocycles. The van der Waals surface area contributed by atoms with Crippen molar-refractivity contribution in [1.82, 2.24) is 5.43 Å². The molecule has 3 aromatic rings. The Kier molecular flexibility index (Phi) is 9.86. The Hall–Kier alpha value is -4.57. The van der Waals surface area contributed by atoms with Gasteiger partial charge >= 0.3 is 11.8 Å². The maximum Gasteiger partial charge on any atom is 0.329 e. The van der Waals surface area contributed by atoms with Gasteiger partial charge in [0, 0.05) is 5.69 Å². The molecule has 37 heavy (non-hydrogen) atoms. The fraction of sp³-hybridized carbons (Fsp3) is 0.154. The second kappa shape index (κ2) is 13.5. The van der Waals surface area contributed by atoms with Gasteiger partial charge in [0.2, 0.25) is 0 Å². The van der Waals surface area contributed by atoms with Crippen LogP contribution in [0, 0.1) is 0 Å². The van der Waals surface area contributed by atoms with Crippen LogP contribution in [0.3, 0.4) is 0 Å². The molecule has 0 aliphatic carbocycles. The second-order valence-corrected chi connectivity index (χ2v) is 7.73. The Bertz CT molecular complexity index is 1280. The number of hydrogen-bond donors (Lipinski definition) is 3. The lowest BCUT2D eigenvalue weighted by molar-refractivity contribution is -0.136. The predicted octanol–water partition coefficient (Wildman–Crippen LogP) is 3.85. The summed E-state index contributed by atoms with van der Waals surface area (Å²) in [5.41, 5.74) is 3.59. The van der Waals surface area contributed by atoms with Gasteiger partial charge in [-0.3, -0.25) is 14.4 Å². The quantitative estimate of drug-likeness (QED) is 0.210. The smallest absolute Gasteiger partial charge is 0.329 e. The maximum atomic E-state index is 12.2. The fourth-order valence-electron chi connectivity index (χ4n) is 3.06. The van der Waals surface area contributed by atoms with E-state index in [0.717, 1.165) is 0 Å². The van der Waals surface area contributed by atoms with Crippen molar-refractivity contribution in [2.75, 3.05) is 31.0 Å². The molecule has 0 spiro atoms. The molecule has 0 fully saturated rings. The second-order valence-electron chi connectivity index (χ2n) is 7.32. The van der Waals surface area contributed by atoms with Crippen LogP contribution in [0.2, 0.25) is 5.02 Å². The zero-order chi connectivity index (χ0) is 26.6. The van der Waals surface area contributed by atoms with Crippen LogP contribution in [0.25, 0.3) is 0 Å². The lowest BCUT2D eigenvalue weighted by Crippen LogP contribution is -2.32. The highest BCUT2D eigenvalue weighted by molar-refractivity contribution is 6.39. The van der Waals surface area contributed by atoms with Gasteiger partial charge in [-0.25, -0.2) is 5.43 Å². The van der Waals surface area contributed by atoms with Crippen LogP contribution in [-0.2, 0) is 14.4 Å². The maximum absolute atomic E-state index is 12.2. The number of nitrogens with zero attached hydrogens (tertiary/aromatic N) is 1. The third-order valence-electron chi connectivity index (χ3n) is 4.68. The van der Waals surface area contributed by atoms with Gasteiger partial charge in [0.25, 0.3) is 5.91 Å². The molecule has 11 heteroatoms. The molecular weight excluding hydrogens is 500 g/mol. The average molecular weight is 525 g/mol. The lowest BCUT2D eigenvalue weighted by atomic mass is 10.2. The summed E-state index contributed by atoms with van der Waals surface area (Å²) in [5.74, 6) is -1.42. The Morgan fingerprint density at radius 3 is 2.38 bits per heavy atom. The third kappa shape index (κ3) is 7.97. The summed E-state index contributed by atoms with van der Waals surface area (Å²) in [6, 6.07) is 18.7. The molecule has 192 valence electrons. The topological polar surface area (TPSA) is 127 Å². The highest BCUT2D eigenvalue weighted by Crippen LogP contribution is 2.36. The van der Waals surface area contributed by atoms with Gasteiger partial charge in [-0.05, 0) is 48.9 Å². The number of carbonyl (C=O) groups excluding carboxylic acids is 3. The summed E-state index contributed by atoms with van der Waals surface area (Å²) in [6.07, 6.45) is 1.28. The molecule has 0 radical (unpaired) electrons. The summed E-state index contributed by atoms with van der Waals surface area (Å²) in [7, 11) is 1.41. The number of rotatable bonds is 10. The van der Waals surface area contributed by atoms with Crippen LogP contribution in [0.4, 0.5) is 11.4 Å². The highest BCUT2D eigenvalue weighted by Gasteiger charge is 2.16. The zero-order valence-corrected chi connectivity index (χ0v) is 20.9. The molecule has 0 saturated carbocycles. The number of nitrogens with one attached hydrogen (secondary N) is 3. The number of carbonyl (C=O) groups is 3. The number of methoxy groups -OCH3 is 1. The molecule has 0 unspecified atom stereocenters. The molecule has 0 aliphatic rings. The molecule has 0 aromatic heterocycles. The number of ether oxygens (including phenoxy) is 3. The van der Waals surface area contributed by atoms with Gasteiger partial charge in [-0.15, -0.1) is 0 Å². The summed E-state index contributed by atoms with van der Waals surface area (Å²) in [4.78, 5) is 36.5. The van der Waals surface area contributed by atoms with E-state index in [1.54, 1.807) is 54.6 Å². The van der Waals surface area contributed by atoms with E-state index >= 15 is 0 Å². The SMILES string of the molecule is CCOc1ccccc1NC(=O)C(=O)N/N=C\c1cc(Cl)c(OCC(=O)Nc2ccccc2)c(OC)c1. The van der Waals surface area contributed by atoms with Crippen LogP contribution >= 0.6 is 11.6 Å². The Balaban J connectivity index is 1.58. The van der Waals surface area contributed by atoms with Gasteiger partial charge in [0.15, 0.2) is 18.1 Å². The summed E-state index contributed by atoms with van der Waals surface area (Å²) >= 11 is 6.32. The van der Waals surface area contributed by atoms with Crippen molar-refractivity contribution >= 4 is 46.9 Å². The summed E-state index contributed by atoms with van der Waals surface area (Å²) in [6.45, 7) is 1.92. The van der Waals surface area contributed by atoms with Crippen LogP contribution < -0.4 is 30.3 Å². The van der Waals surface area contributed by atoms with Crippen molar-refractivity contribution in [3.8, 4) is 17.2 Å². The zero-order valence-electron chi connectivity index (χ0n) is 20.1.